The largest absolute Gasteiger partial charge is 0.394 e. The van der Waals surface area contributed by atoms with E-state index in [0.717, 1.165) is 0 Å². The highest BCUT2D eigenvalue weighted by Crippen LogP contribution is 2.23. The Kier molecular flexibility index (Phi) is 55.6. The van der Waals surface area contributed by atoms with E-state index in [0.29, 0.717) is 0 Å². The molecule has 0 aromatic heterocycles. The number of aliphatic hydroxyl groups is 18. The van der Waals surface area contributed by atoms with Gasteiger partial charge in [-0.05, 0) is 0 Å². The van der Waals surface area contributed by atoms with Crippen molar-refractivity contribution in [3.8, 4) is 0 Å². The highest BCUT2D eigenvalue weighted by molar-refractivity contribution is 5.01. The van der Waals surface area contributed by atoms with E-state index >= 15 is 0 Å². The highest BCUT2D eigenvalue weighted by Gasteiger charge is 2.50. The van der Waals surface area contributed by atoms with Crippen LogP contribution in [0.5, 0.6) is 0 Å². The van der Waals surface area contributed by atoms with Crippen molar-refractivity contribution in [2.75, 3.05) is 85.9 Å². The van der Waals surface area contributed by atoms with E-state index in [4.69, 9.17) is 71.5 Å². The maximum absolute atomic E-state index is 9.78. The van der Waals surface area contributed by atoms with Crippen LogP contribution in [0.1, 0.15) is 0 Å². The maximum atomic E-state index is 9.78. The molecule has 0 aliphatic heterocycles. The minimum absolute atomic E-state index is 0.125. The Morgan fingerprint density at radius 3 is 0.667 bits per heavy atom. The van der Waals surface area contributed by atoms with Crippen molar-refractivity contribution in [3.63, 3.8) is 0 Å². The lowest BCUT2D eigenvalue weighted by atomic mass is 9.82. The first kappa shape index (κ1) is 48.4. The first-order chi connectivity index (χ1) is 16.9. The van der Waals surface area contributed by atoms with Gasteiger partial charge < -0.3 is 91.9 Å². The Labute approximate surface area is 208 Å². The van der Waals surface area contributed by atoms with Gasteiger partial charge >= 0.3 is 0 Å². The molecule has 18 nitrogen and oxygen atoms in total. The van der Waals surface area contributed by atoms with Crippen molar-refractivity contribution in [2.24, 2.45) is 0 Å². The van der Waals surface area contributed by atoms with Gasteiger partial charge in [0.15, 0.2) is 0 Å². The number of hydrogen-bond donors (Lipinski definition) is 18. The predicted molar refractivity (Wildman–Crippen MR) is 121 cm³/mol. The number of aliphatic hydroxyl groups excluding tert-OH is 17. The summed E-state index contributed by atoms with van der Waals surface area (Å²) in [6.07, 6.45) is -7.97. The molecule has 0 aromatic carbocycles. The summed E-state index contributed by atoms with van der Waals surface area (Å²) < 4.78 is 0. The van der Waals surface area contributed by atoms with Gasteiger partial charge in [-0.2, -0.15) is 0 Å². The van der Waals surface area contributed by atoms with Gasteiger partial charge in [0.25, 0.3) is 0 Å². The molecule has 0 radical (unpaired) electrons. The molecule has 228 valence electrons. The molecule has 0 aromatic rings. The third-order valence-corrected chi connectivity index (χ3v) is 2.94. The Hall–Kier alpha value is -0.720. The van der Waals surface area contributed by atoms with Crippen molar-refractivity contribution in [3.05, 3.63) is 0 Å². The van der Waals surface area contributed by atoms with Gasteiger partial charge in [0.05, 0.1) is 85.9 Å². The molecule has 0 aliphatic carbocycles. The van der Waals surface area contributed by atoms with Gasteiger partial charge in [-0.3, -0.25) is 0 Å². The van der Waals surface area contributed by atoms with E-state index in [1.54, 1.807) is 0 Å². The smallest absolute Gasteiger partial charge is 0.149 e. The highest BCUT2D eigenvalue weighted by atomic mass is 16.4. The molecule has 0 heterocycles. The number of hydrogen-bond acceptors (Lipinski definition) is 18. The fourth-order valence-electron chi connectivity index (χ4n) is 1.32. The molecule has 4 unspecified atom stereocenters. The second kappa shape index (κ2) is 41.4. The SMILES string of the molecule is OCC(O)C(O)C(O)(C(O)CO)C(O)CO.OCCO.OCCO.OCCO.OCCO.OCCO. The fraction of sp³-hybridized carbons (Fsp3) is 1.00. The van der Waals surface area contributed by atoms with Crippen LogP contribution < -0.4 is 0 Å². The summed E-state index contributed by atoms with van der Waals surface area (Å²) in [4.78, 5) is 0. The molecule has 0 fully saturated rings. The van der Waals surface area contributed by atoms with Crippen LogP contribution >= 0.6 is 0 Å². The molecule has 4 atom stereocenters. The standard InChI is InChI=1S/C8H18O8.5C2H6O2/c9-1-4(12)7(15)8(16,5(13)2-10)6(14)3-11;5*3-1-2-4/h4-7,9-16H,1-3H2;5*3-4H,1-2H2. The van der Waals surface area contributed by atoms with Gasteiger partial charge in [0.2, 0.25) is 0 Å². The molecule has 0 spiro atoms. The molecule has 0 aliphatic rings. The van der Waals surface area contributed by atoms with Crippen LogP contribution in [-0.2, 0) is 0 Å². The maximum Gasteiger partial charge on any atom is 0.149 e. The second-order valence-electron chi connectivity index (χ2n) is 5.71. The minimum atomic E-state index is -2.74. The molecule has 0 amide bonds. The molecule has 18 heteroatoms. The summed E-state index contributed by atoms with van der Waals surface area (Å²) in [7, 11) is 0. The van der Waals surface area contributed by atoms with Crippen LogP contribution in [0.15, 0.2) is 0 Å². The van der Waals surface area contributed by atoms with Crippen molar-refractivity contribution in [1.82, 2.24) is 0 Å². The Bertz CT molecular complexity index is 298. The first-order valence-corrected chi connectivity index (χ1v) is 10.3. The molecule has 0 saturated heterocycles. The average molecular weight is 553 g/mol. The van der Waals surface area contributed by atoms with Gasteiger partial charge in [-0.1, -0.05) is 0 Å². The molecular formula is C18H48O18. The lowest BCUT2D eigenvalue weighted by Gasteiger charge is -2.40. The van der Waals surface area contributed by atoms with Crippen LogP contribution in [0.3, 0.4) is 0 Å². The summed E-state index contributed by atoms with van der Waals surface area (Å²) >= 11 is 0. The zero-order valence-electron chi connectivity index (χ0n) is 20.1. The third-order valence-electron chi connectivity index (χ3n) is 2.94. The van der Waals surface area contributed by atoms with Crippen molar-refractivity contribution in [1.29, 1.82) is 0 Å². The van der Waals surface area contributed by atoms with E-state index in [1.165, 1.54) is 0 Å². The zero-order chi connectivity index (χ0) is 30.0. The van der Waals surface area contributed by atoms with Gasteiger partial charge in [-0.25, -0.2) is 0 Å². The third kappa shape index (κ3) is 33.3. The van der Waals surface area contributed by atoms with Crippen molar-refractivity contribution >= 4 is 0 Å². The predicted octanol–water partition coefficient (Wildman–Crippen LogP) is -10.0. The zero-order valence-corrected chi connectivity index (χ0v) is 20.1. The van der Waals surface area contributed by atoms with Crippen LogP contribution in [0.2, 0.25) is 0 Å². The van der Waals surface area contributed by atoms with Crippen LogP contribution in [0.4, 0.5) is 0 Å². The molecule has 18 N–H and O–H groups in total. The normalized spacial score (nSPS) is 14.5. The topological polar surface area (TPSA) is 364 Å². The van der Waals surface area contributed by atoms with Crippen molar-refractivity contribution < 1.29 is 91.9 Å². The second-order valence-corrected chi connectivity index (χ2v) is 5.71. The van der Waals surface area contributed by atoms with E-state index in [1.807, 2.05) is 0 Å². The molecular weight excluding hydrogens is 504 g/mol. The molecule has 0 rings (SSSR count). The Balaban J connectivity index is -0.0000000914. The van der Waals surface area contributed by atoms with E-state index in [2.05, 4.69) is 0 Å². The minimum Gasteiger partial charge on any atom is -0.394 e. The lowest BCUT2D eigenvalue weighted by molar-refractivity contribution is -0.237. The van der Waals surface area contributed by atoms with Crippen LogP contribution in [0, 0.1) is 0 Å². The average Bonchev–Trinajstić information content (AvgIpc) is 2.95. The quantitative estimate of drug-likeness (QED) is 0.107. The molecule has 36 heavy (non-hydrogen) atoms. The van der Waals surface area contributed by atoms with Crippen molar-refractivity contribution in [2.45, 2.75) is 30.0 Å². The van der Waals surface area contributed by atoms with E-state index < -0.39 is 49.8 Å². The monoisotopic (exact) mass is 552 g/mol. The van der Waals surface area contributed by atoms with Crippen LogP contribution in [0.25, 0.3) is 0 Å². The summed E-state index contributed by atoms with van der Waals surface area (Å²) in [5.41, 5.74) is -2.74. The van der Waals surface area contributed by atoms with E-state index in [-0.39, 0.29) is 66.1 Å². The molecule has 0 saturated carbocycles. The van der Waals surface area contributed by atoms with Gasteiger partial charge in [0.1, 0.15) is 30.0 Å². The summed E-state index contributed by atoms with van der Waals surface area (Å²) in [5, 5.41) is 149. The lowest BCUT2D eigenvalue weighted by Crippen LogP contribution is -2.65. The number of rotatable bonds is 12. The first-order valence-electron chi connectivity index (χ1n) is 10.3. The Morgan fingerprint density at radius 1 is 0.361 bits per heavy atom. The fourth-order valence-corrected chi connectivity index (χ4v) is 1.32. The molecule has 0 bridgehead atoms. The van der Waals surface area contributed by atoms with Gasteiger partial charge in [0, 0.05) is 0 Å². The summed E-state index contributed by atoms with van der Waals surface area (Å²) in [5.74, 6) is 0. The summed E-state index contributed by atoms with van der Waals surface area (Å²) in [6.45, 7) is -4.20. The van der Waals surface area contributed by atoms with Crippen LogP contribution in [-0.4, -0.2) is 208 Å². The Morgan fingerprint density at radius 2 is 0.556 bits per heavy atom. The van der Waals surface area contributed by atoms with Gasteiger partial charge in [-0.15, -0.1) is 0 Å². The summed E-state index contributed by atoms with van der Waals surface area (Å²) in [6, 6.07) is 0. The van der Waals surface area contributed by atoms with E-state index in [9.17, 15) is 20.4 Å².